The van der Waals surface area contributed by atoms with Gasteiger partial charge in [-0.1, -0.05) is 66.2 Å². The van der Waals surface area contributed by atoms with E-state index in [0.29, 0.717) is 0 Å². The summed E-state index contributed by atoms with van der Waals surface area (Å²) in [6, 6.07) is 0. The van der Waals surface area contributed by atoms with Gasteiger partial charge in [-0.25, -0.2) is 19.1 Å². The summed E-state index contributed by atoms with van der Waals surface area (Å²) >= 11 is 0. The summed E-state index contributed by atoms with van der Waals surface area (Å²) in [6.45, 7) is 9.93. The fourth-order valence-electron chi connectivity index (χ4n) is 2.46. The zero-order valence-electron chi connectivity index (χ0n) is 18.1. The Morgan fingerprint density at radius 2 is 1.32 bits per heavy atom. The summed E-state index contributed by atoms with van der Waals surface area (Å²) in [7, 11) is -4.34. The Morgan fingerprint density at radius 1 is 0.893 bits per heavy atom. The Balaban J connectivity index is 4.69. The number of rotatable bonds is 19. The first-order valence-corrected chi connectivity index (χ1v) is 11.9. The molecule has 0 aliphatic carbocycles. The summed E-state index contributed by atoms with van der Waals surface area (Å²) in [6.07, 6.45) is 6.54. The highest BCUT2D eigenvalue weighted by molar-refractivity contribution is 7.48. The van der Waals surface area contributed by atoms with Crippen LogP contribution in [-0.2, 0) is 33.0 Å². The minimum Gasteiger partial charge on any atom is -0.479 e. The highest BCUT2D eigenvalue weighted by atomic mass is 31.2. The van der Waals surface area contributed by atoms with Crippen LogP contribution in [0.2, 0.25) is 0 Å². The predicted octanol–water partition coefficient (Wildman–Crippen LogP) is 5.91. The molecular formula is C19H39O8P. The summed E-state index contributed by atoms with van der Waals surface area (Å²) in [5.74, 6) is -0.814. The molecule has 0 saturated carbocycles. The molecule has 0 aromatic carbocycles. The van der Waals surface area contributed by atoms with Gasteiger partial charge >= 0.3 is 13.8 Å². The van der Waals surface area contributed by atoms with Gasteiger partial charge in [0, 0.05) is 0 Å². The lowest BCUT2D eigenvalue weighted by Crippen LogP contribution is -2.21. The van der Waals surface area contributed by atoms with Crippen molar-refractivity contribution in [2.75, 3.05) is 13.2 Å². The first-order chi connectivity index (χ1) is 13.3. The lowest BCUT2D eigenvalue weighted by molar-refractivity contribution is -0.291. The Labute approximate surface area is 169 Å². The van der Waals surface area contributed by atoms with E-state index in [-0.39, 0.29) is 25.0 Å². The van der Waals surface area contributed by atoms with Gasteiger partial charge in [-0.3, -0.25) is 4.52 Å². The molecule has 0 bridgehead atoms. The zero-order valence-corrected chi connectivity index (χ0v) is 18.9. The minimum absolute atomic E-state index is 0.211. The number of unbranched alkanes of at least 4 members (excludes halogenated alkanes) is 2. The number of aliphatic carboxylic acids is 1. The molecule has 0 aliphatic rings. The van der Waals surface area contributed by atoms with Gasteiger partial charge in [0.05, 0.1) is 13.2 Å². The Hall–Kier alpha value is -0.500. The van der Waals surface area contributed by atoms with Crippen molar-refractivity contribution < 1.29 is 38.1 Å². The van der Waals surface area contributed by atoms with Crippen molar-refractivity contribution in [3.63, 3.8) is 0 Å². The summed E-state index contributed by atoms with van der Waals surface area (Å²) in [4.78, 5) is 21.2. The molecular weight excluding hydrogens is 387 g/mol. The van der Waals surface area contributed by atoms with Crippen LogP contribution in [-0.4, -0.2) is 30.4 Å². The van der Waals surface area contributed by atoms with Crippen LogP contribution < -0.4 is 0 Å². The fraction of sp³-hybridized carbons (Fsp3) is 0.947. The van der Waals surface area contributed by atoms with Crippen LogP contribution in [0.25, 0.3) is 0 Å². The third kappa shape index (κ3) is 12.9. The molecule has 0 amide bonds. The highest BCUT2D eigenvalue weighted by Gasteiger charge is 2.36. The van der Waals surface area contributed by atoms with E-state index in [4.69, 9.17) is 28.8 Å². The van der Waals surface area contributed by atoms with Gasteiger partial charge < -0.3 is 5.11 Å². The van der Waals surface area contributed by atoms with E-state index in [9.17, 15) is 9.36 Å². The average molecular weight is 426 g/mol. The highest BCUT2D eigenvalue weighted by Crippen LogP contribution is 2.51. The number of hydrogen-bond acceptors (Lipinski definition) is 7. The molecule has 0 radical (unpaired) electrons. The van der Waals surface area contributed by atoms with E-state index in [1.165, 1.54) is 6.92 Å². The van der Waals surface area contributed by atoms with Gasteiger partial charge in [-0.2, -0.15) is 0 Å². The molecule has 0 aliphatic heterocycles. The van der Waals surface area contributed by atoms with E-state index in [1.807, 2.05) is 13.8 Å². The first-order valence-electron chi connectivity index (χ1n) is 10.4. The fourth-order valence-corrected chi connectivity index (χ4v) is 3.42. The zero-order chi connectivity index (χ0) is 21.4. The Morgan fingerprint density at radius 3 is 1.64 bits per heavy atom. The topological polar surface area (TPSA) is 101 Å². The monoisotopic (exact) mass is 426 g/mol. The van der Waals surface area contributed by atoms with E-state index >= 15 is 0 Å². The standard InChI is InChI=1S/C19H39O8P/c1-6-10-12-17(8-3)14-23-26-28(22,25-16(5)19(20)21)27-24-15-18(9-4)13-11-7-2/h16-18H,6-15H2,1-5H3,(H,20,21). The summed E-state index contributed by atoms with van der Waals surface area (Å²) in [5, 5.41) is 9.00. The van der Waals surface area contributed by atoms with E-state index < -0.39 is 19.9 Å². The SMILES string of the molecule is CCCCC(CC)COOP(=O)(OOCC(CC)CCCC)OC(C)C(=O)O. The maximum Gasteiger partial charge on any atom is 0.530 e. The molecule has 1 N–H and O–H groups in total. The minimum atomic E-state index is -4.34. The van der Waals surface area contributed by atoms with Gasteiger partial charge in [0.2, 0.25) is 0 Å². The van der Waals surface area contributed by atoms with Gasteiger partial charge in [-0.05, 0) is 31.6 Å². The molecule has 3 unspecified atom stereocenters. The molecule has 0 rings (SSSR count). The van der Waals surface area contributed by atoms with Crippen molar-refractivity contribution in [1.82, 2.24) is 0 Å². The van der Waals surface area contributed by atoms with Crippen LogP contribution in [0.1, 0.15) is 86.0 Å². The second kappa shape index (κ2) is 16.3. The van der Waals surface area contributed by atoms with Crippen LogP contribution in [0.5, 0.6) is 0 Å². The third-order valence-electron chi connectivity index (χ3n) is 4.62. The van der Waals surface area contributed by atoms with Crippen LogP contribution in [0.4, 0.5) is 0 Å². The van der Waals surface area contributed by atoms with Crippen molar-refractivity contribution in [3.8, 4) is 0 Å². The molecule has 28 heavy (non-hydrogen) atoms. The van der Waals surface area contributed by atoms with Crippen molar-refractivity contribution in [2.45, 2.75) is 92.1 Å². The summed E-state index contributed by atoms with van der Waals surface area (Å²) < 4.78 is 27.4. The molecule has 3 atom stereocenters. The number of hydrogen-bond donors (Lipinski definition) is 1. The second-order valence-corrected chi connectivity index (χ2v) is 8.49. The quantitative estimate of drug-likeness (QED) is 0.154. The van der Waals surface area contributed by atoms with Gasteiger partial charge in [0.15, 0.2) is 6.10 Å². The van der Waals surface area contributed by atoms with Crippen molar-refractivity contribution in [2.24, 2.45) is 11.8 Å². The van der Waals surface area contributed by atoms with Gasteiger partial charge in [-0.15, -0.1) is 9.35 Å². The largest absolute Gasteiger partial charge is 0.530 e. The van der Waals surface area contributed by atoms with Crippen molar-refractivity contribution in [1.29, 1.82) is 0 Å². The average Bonchev–Trinajstić information content (AvgIpc) is 2.67. The first kappa shape index (κ1) is 27.5. The number of carboxylic acids is 1. The molecule has 0 aromatic heterocycles. The van der Waals surface area contributed by atoms with E-state index in [2.05, 4.69) is 13.8 Å². The molecule has 0 spiro atoms. The Bertz CT molecular complexity index is 420. The maximum atomic E-state index is 12.7. The smallest absolute Gasteiger partial charge is 0.479 e. The molecule has 8 nitrogen and oxygen atoms in total. The van der Waals surface area contributed by atoms with Crippen molar-refractivity contribution >= 4 is 13.8 Å². The number of carboxylic acid groups (broad SMARTS) is 1. The number of carbonyl (C=O) groups is 1. The van der Waals surface area contributed by atoms with Crippen LogP contribution in [0.3, 0.4) is 0 Å². The van der Waals surface area contributed by atoms with Crippen molar-refractivity contribution in [3.05, 3.63) is 0 Å². The molecule has 0 heterocycles. The van der Waals surface area contributed by atoms with Crippen LogP contribution in [0, 0.1) is 11.8 Å². The lowest BCUT2D eigenvalue weighted by atomic mass is 10.0. The lowest BCUT2D eigenvalue weighted by Gasteiger charge is -2.20. The van der Waals surface area contributed by atoms with E-state index in [1.54, 1.807) is 0 Å². The maximum absolute atomic E-state index is 12.7. The third-order valence-corrected chi connectivity index (χ3v) is 5.77. The Kier molecular flexibility index (Phi) is 16.0. The molecule has 168 valence electrons. The van der Waals surface area contributed by atoms with Gasteiger partial charge in [0.25, 0.3) is 0 Å². The second-order valence-electron chi connectivity index (χ2n) is 7.08. The molecule has 0 fully saturated rings. The predicted molar refractivity (Wildman–Crippen MR) is 106 cm³/mol. The molecule has 0 saturated heterocycles. The normalized spacial score (nSPS) is 17.0. The van der Waals surface area contributed by atoms with Crippen LogP contribution >= 0.6 is 7.82 Å². The van der Waals surface area contributed by atoms with Gasteiger partial charge in [0.1, 0.15) is 0 Å². The molecule has 0 aromatic rings. The number of phosphoric acid groups is 1. The van der Waals surface area contributed by atoms with Crippen LogP contribution in [0.15, 0.2) is 0 Å². The van der Waals surface area contributed by atoms with E-state index in [0.717, 1.165) is 51.4 Å². The molecule has 9 heteroatoms. The summed E-state index contributed by atoms with van der Waals surface area (Å²) in [5.41, 5.74) is 0.